The molecule has 0 spiro atoms. The molecule has 0 aromatic heterocycles. The Morgan fingerprint density at radius 1 is 0.592 bits per heavy atom. The molecular weight excluding hydrogens is 612 g/mol. The van der Waals surface area contributed by atoms with Gasteiger partial charge in [0.05, 0.1) is 18.4 Å². The predicted octanol–water partition coefficient (Wildman–Crippen LogP) is 10.0. The number of carbonyl (C=O) groups is 2. The van der Waals surface area contributed by atoms with Crippen LogP contribution in [0.25, 0.3) is 0 Å². The monoisotopic (exact) mass is 676 g/mol. The molecule has 6 nitrogen and oxygen atoms in total. The molecule has 0 aliphatic heterocycles. The van der Waals surface area contributed by atoms with E-state index in [9.17, 15) is 9.59 Å². The van der Waals surface area contributed by atoms with Crippen LogP contribution in [0.1, 0.15) is 121 Å². The summed E-state index contributed by atoms with van der Waals surface area (Å²) in [6.45, 7) is 27.8. The summed E-state index contributed by atoms with van der Waals surface area (Å²) in [6.07, 6.45) is 4.46. The first kappa shape index (κ1) is 47.4. The number of rotatable bonds is 12. The fraction of sp³-hybridized carbons (Fsp3) is 0.512. The van der Waals surface area contributed by atoms with Crippen molar-refractivity contribution >= 4 is 11.9 Å². The standard InChI is InChI=1S/C15H22O2.C13H18O2.C12H18.C2H6O.CO/c1-5-17-15(16)12(4)14-8-6-13(7-9-14)10-11(2)3;1-9(2)8-11-4-6-12(7-5-11)10(3)13(14)15;1-4-11-5-7-12(8-6-11)9-10(2)3;1-2-3;1-2/h6-9,11-12H,5,10H2,1-4H3;4-7,9-10H,8H2,1-3H3,(H,14,15);5-8,10H,4,9H2,1-3H3;3H,2H2,1H3;. The average Bonchev–Trinajstić information content (AvgIpc) is 3.06. The van der Waals surface area contributed by atoms with Gasteiger partial charge in [0, 0.05) is 6.61 Å². The zero-order valence-corrected chi connectivity index (χ0v) is 32.1. The molecule has 0 fully saturated rings. The molecule has 0 saturated carbocycles. The van der Waals surface area contributed by atoms with Crippen molar-refractivity contribution in [3.8, 4) is 0 Å². The van der Waals surface area contributed by atoms with Gasteiger partial charge in [-0.3, -0.25) is 9.59 Å². The zero-order chi connectivity index (χ0) is 37.9. The summed E-state index contributed by atoms with van der Waals surface area (Å²) in [4.78, 5) is 22.3. The third-order valence-corrected chi connectivity index (χ3v) is 7.33. The second-order valence-corrected chi connectivity index (χ2v) is 13.3. The summed E-state index contributed by atoms with van der Waals surface area (Å²) in [7, 11) is 0. The molecule has 2 unspecified atom stereocenters. The quantitative estimate of drug-likeness (QED) is 0.113. The number of hydrogen-bond acceptors (Lipinski definition) is 4. The normalized spacial score (nSPS) is 11.3. The van der Waals surface area contributed by atoms with Crippen LogP contribution >= 0.6 is 0 Å². The van der Waals surface area contributed by atoms with E-state index in [1.54, 1.807) is 13.8 Å². The van der Waals surface area contributed by atoms with Crippen molar-refractivity contribution < 1.29 is 29.2 Å². The molecule has 2 N–H and O–H groups in total. The number of carboxylic acids is 1. The van der Waals surface area contributed by atoms with Crippen molar-refractivity contribution in [2.45, 2.75) is 114 Å². The van der Waals surface area contributed by atoms with Gasteiger partial charge < -0.3 is 14.9 Å². The summed E-state index contributed by atoms with van der Waals surface area (Å²) in [6, 6.07) is 25.1. The number of esters is 1. The molecule has 0 bridgehead atoms. The van der Waals surface area contributed by atoms with E-state index < -0.39 is 11.9 Å². The Hall–Kier alpha value is -3.70. The number of carbonyl (C=O) groups excluding carboxylic acids is 1. The minimum atomic E-state index is -0.772. The van der Waals surface area contributed by atoms with Crippen molar-refractivity contribution in [2.24, 2.45) is 17.8 Å². The van der Waals surface area contributed by atoms with Gasteiger partial charge in [-0.25, -0.2) is 0 Å². The summed E-state index contributed by atoms with van der Waals surface area (Å²) >= 11 is 0. The van der Waals surface area contributed by atoms with Gasteiger partial charge in [0.1, 0.15) is 0 Å². The fourth-order valence-electron chi connectivity index (χ4n) is 4.76. The van der Waals surface area contributed by atoms with Crippen molar-refractivity contribution in [1.29, 1.82) is 0 Å². The van der Waals surface area contributed by atoms with E-state index in [-0.39, 0.29) is 18.5 Å². The maximum atomic E-state index is 11.6. The van der Waals surface area contributed by atoms with Crippen LogP contribution in [-0.4, -0.2) is 35.4 Å². The minimum absolute atomic E-state index is 0.149. The number of ether oxygens (including phenoxy) is 1. The van der Waals surface area contributed by atoms with E-state index in [1.807, 2.05) is 50.2 Å². The number of aryl methyl sites for hydroxylation is 1. The van der Waals surface area contributed by atoms with Crippen LogP contribution in [0, 0.1) is 24.4 Å². The topological polar surface area (TPSA) is 104 Å². The van der Waals surface area contributed by atoms with Crippen LogP contribution in [0.2, 0.25) is 0 Å². The molecular formula is C43H64O6. The second kappa shape index (κ2) is 28.2. The third kappa shape index (κ3) is 22.5. The van der Waals surface area contributed by atoms with Crippen molar-refractivity contribution in [3.63, 3.8) is 0 Å². The first-order valence-corrected chi connectivity index (χ1v) is 17.6. The first-order valence-electron chi connectivity index (χ1n) is 17.6. The Kier molecular flexibility index (Phi) is 27.3. The van der Waals surface area contributed by atoms with Crippen molar-refractivity contribution in [2.75, 3.05) is 13.2 Å². The molecule has 0 aliphatic rings. The Morgan fingerprint density at radius 2 is 0.878 bits per heavy atom. The van der Waals surface area contributed by atoms with E-state index in [0.717, 1.165) is 36.3 Å². The van der Waals surface area contributed by atoms with Gasteiger partial charge in [0.2, 0.25) is 0 Å². The molecule has 0 saturated heterocycles. The molecule has 0 amide bonds. The SMILES string of the molecule is CC(C)Cc1ccc(C(C)C(=O)O)cc1.CCO.CCOC(=O)C(C)c1ccc(CC(C)C)cc1.CCc1ccc(CC(C)C)cc1.[C-]#[O+]. The molecule has 3 rings (SSSR count). The van der Waals surface area contributed by atoms with Crippen LogP contribution in [0.3, 0.4) is 0 Å². The van der Waals surface area contributed by atoms with Gasteiger partial charge in [0.25, 0.3) is 0 Å². The average molecular weight is 677 g/mol. The van der Waals surface area contributed by atoms with Gasteiger partial charge in [-0.2, -0.15) is 0 Å². The third-order valence-electron chi connectivity index (χ3n) is 7.33. The number of aliphatic carboxylic acids is 1. The molecule has 0 radical (unpaired) electrons. The molecule has 49 heavy (non-hydrogen) atoms. The van der Waals surface area contributed by atoms with E-state index in [4.69, 9.17) is 19.6 Å². The van der Waals surface area contributed by atoms with Gasteiger partial charge in [0.15, 0.2) is 0 Å². The van der Waals surface area contributed by atoms with Gasteiger partial charge in [-0.05, 0) is 105 Å². The van der Waals surface area contributed by atoms with E-state index in [2.05, 4.69) is 91.5 Å². The number of benzene rings is 3. The molecule has 272 valence electrons. The molecule has 3 aromatic rings. The Labute approximate surface area is 298 Å². The van der Waals surface area contributed by atoms with Gasteiger partial charge >= 0.3 is 23.2 Å². The number of aliphatic hydroxyl groups is 1. The Bertz CT molecular complexity index is 1270. The summed E-state index contributed by atoms with van der Waals surface area (Å²) in [5.41, 5.74) is 7.38. The van der Waals surface area contributed by atoms with E-state index in [1.165, 1.54) is 28.7 Å². The van der Waals surface area contributed by atoms with Crippen LogP contribution in [-0.2, 0) is 44.7 Å². The molecule has 0 heterocycles. The Balaban J connectivity index is 0. The Morgan fingerprint density at radius 3 is 1.14 bits per heavy atom. The van der Waals surface area contributed by atoms with Crippen molar-refractivity contribution in [1.82, 2.24) is 0 Å². The van der Waals surface area contributed by atoms with Gasteiger partial charge in [-0.1, -0.05) is 121 Å². The first-order chi connectivity index (χ1) is 23.2. The summed E-state index contributed by atoms with van der Waals surface area (Å²) in [5, 5.41) is 16.4. The second-order valence-electron chi connectivity index (χ2n) is 13.3. The van der Waals surface area contributed by atoms with Crippen LogP contribution < -0.4 is 0 Å². The molecule has 2 atom stereocenters. The predicted molar refractivity (Wildman–Crippen MR) is 202 cm³/mol. The molecule has 0 aliphatic carbocycles. The van der Waals surface area contributed by atoms with Crippen LogP contribution in [0.4, 0.5) is 0 Å². The molecule has 3 aromatic carbocycles. The van der Waals surface area contributed by atoms with Crippen LogP contribution in [0.5, 0.6) is 0 Å². The van der Waals surface area contributed by atoms with E-state index >= 15 is 0 Å². The summed E-state index contributed by atoms with van der Waals surface area (Å²) in [5.74, 6) is 0.533. The van der Waals surface area contributed by atoms with Crippen molar-refractivity contribution in [3.05, 3.63) is 113 Å². The number of hydrogen-bond donors (Lipinski definition) is 2. The summed E-state index contributed by atoms with van der Waals surface area (Å²) < 4.78 is 12.5. The van der Waals surface area contributed by atoms with E-state index in [0.29, 0.717) is 18.4 Å². The number of carboxylic acid groups (broad SMARTS) is 1. The number of aliphatic hydroxyl groups excluding tert-OH is 1. The fourth-order valence-corrected chi connectivity index (χ4v) is 4.76. The zero-order valence-electron chi connectivity index (χ0n) is 32.1. The van der Waals surface area contributed by atoms with Crippen LogP contribution in [0.15, 0.2) is 72.8 Å². The molecule has 6 heteroatoms. The van der Waals surface area contributed by atoms with Gasteiger partial charge in [-0.15, -0.1) is 0 Å². The maximum absolute atomic E-state index is 11.6.